The third kappa shape index (κ3) is 7.58. The lowest BCUT2D eigenvalue weighted by Gasteiger charge is -2.30. The molecule has 2 aromatic carbocycles. The Morgan fingerprint density at radius 2 is 1.61 bits per heavy atom. The molecule has 0 saturated heterocycles. The maximum Gasteiger partial charge on any atom is 0.336 e. The van der Waals surface area contributed by atoms with Crippen LogP contribution in [0.4, 0.5) is 0 Å². The fraction of sp³-hybridized carbons (Fsp3) is 0.444. The maximum atomic E-state index is 11.4. The van der Waals surface area contributed by atoms with Gasteiger partial charge in [0.25, 0.3) is 0 Å². The van der Waals surface area contributed by atoms with Crippen molar-refractivity contribution in [3.05, 3.63) is 76.9 Å². The SMILES string of the molecule is CCC(=Cc1ccccc1)C1C[C@@H]1NC1CCC(NCc2ccccc2C(=O)O)CC1.Cl.Cl. The summed E-state index contributed by atoms with van der Waals surface area (Å²) in [5.41, 5.74) is 4.14. The zero-order chi connectivity index (χ0) is 21.6. The Morgan fingerprint density at radius 1 is 0.970 bits per heavy atom. The number of aromatic carboxylic acids is 1. The third-order valence-corrected chi connectivity index (χ3v) is 6.83. The van der Waals surface area contributed by atoms with Crippen molar-refractivity contribution in [3.63, 3.8) is 0 Å². The van der Waals surface area contributed by atoms with Crippen molar-refractivity contribution in [2.75, 3.05) is 0 Å². The Kier molecular flexibility index (Phi) is 10.9. The van der Waals surface area contributed by atoms with Crippen LogP contribution in [0.5, 0.6) is 0 Å². The molecule has 1 unspecified atom stereocenters. The molecular weight excluding hydrogens is 455 g/mol. The Balaban J connectivity index is 0.00000193. The zero-order valence-corrected chi connectivity index (χ0v) is 20.8. The van der Waals surface area contributed by atoms with Gasteiger partial charge in [0.15, 0.2) is 0 Å². The average molecular weight is 492 g/mol. The number of hydrogen-bond donors (Lipinski definition) is 3. The van der Waals surface area contributed by atoms with Crippen molar-refractivity contribution < 1.29 is 9.90 Å². The minimum Gasteiger partial charge on any atom is -0.478 e. The van der Waals surface area contributed by atoms with Gasteiger partial charge < -0.3 is 15.7 Å². The van der Waals surface area contributed by atoms with Crippen molar-refractivity contribution in [1.29, 1.82) is 0 Å². The van der Waals surface area contributed by atoms with Crippen LogP contribution in [0, 0.1) is 5.92 Å². The highest BCUT2D eigenvalue weighted by molar-refractivity contribution is 5.89. The van der Waals surface area contributed by atoms with Gasteiger partial charge in [-0.05, 0) is 61.6 Å². The van der Waals surface area contributed by atoms with E-state index in [-0.39, 0.29) is 24.8 Å². The molecule has 2 aromatic rings. The van der Waals surface area contributed by atoms with Crippen molar-refractivity contribution in [2.24, 2.45) is 5.92 Å². The topological polar surface area (TPSA) is 61.4 Å². The molecule has 180 valence electrons. The van der Waals surface area contributed by atoms with Crippen LogP contribution in [0.15, 0.2) is 60.2 Å². The fourth-order valence-corrected chi connectivity index (χ4v) is 4.93. The van der Waals surface area contributed by atoms with Gasteiger partial charge in [-0.15, -0.1) is 24.8 Å². The molecule has 2 saturated carbocycles. The van der Waals surface area contributed by atoms with Crippen LogP contribution in [0.2, 0.25) is 0 Å². The molecule has 33 heavy (non-hydrogen) atoms. The summed E-state index contributed by atoms with van der Waals surface area (Å²) in [5.74, 6) is -0.161. The lowest BCUT2D eigenvalue weighted by molar-refractivity contribution is 0.0695. The van der Waals surface area contributed by atoms with Gasteiger partial charge in [0, 0.05) is 24.7 Å². The van der Waals surface area contributed by atoms with Crippen LogP contribution in [-0.4, -0.2) is 29.2 Å². The number of rotatable bonds is 9. The fourth-order valence-electron chi connectivity index (χ4n) is 4.93. The van der Waals surface area contributed by atoms with Gasteiger partial charge in [0.2, 0.25) is 0 Å². The first-order valence-corrected chi connectivity index (χ1v) is 11.7. The lowest BCUT2D eigenvalue weighted by atomic mass is 9.90. The molecule has 2 atom stereocenters. The van der Waals surface area contributed by atoms with Crippen molar-refractivity contribution in [3.8, 4) is 0 Å². The van der Waals surface area contributed by atoms with E-state index in [0.29, 0.717) is 36.2 Å². The predicted molar refractivity (Wildman–Crippen MR) is 141 cm³/mol. The largest absolute Gasteiger partial charge is 0.478 e. The summed E-state index contributed by atoms with van der Waals surface area (Å²) in [7, 11) is 0. The van der Waals surface area contributed by atoms with E-state index in [2.05, 4.69) is 54.0 Å². The zero-order valence-electron chi connectivity index (χ0n) is 19.2. The second-order valence-corrected chi connectivity index (χ2v) is 8.99. The molecule has 0 aliphatic heterocycles. The Labute approximate surface area is 210 Å². The highest BCUT2D eigenvalue weighted by Gasteiger charge is 2.40. The summed E-state index contributed by atoms with van der Waals surface area (Å²) in [5, 5.41) is 16.8. The summed E-state index contributed by atoms with van der Waals surface area (Å²) >= 11 is 0. The van der Waals surface area contributed by atoms with Gasteiger partial charge in [-0.2, -0.15) is 0 Å². The summed E-state index contributed by atoms with van der Waals surface area (Å²) in [4.78, 5) is 11.4. The van der Waals surface area contributed by atoms with Crippen LogP contribution >= 0.6 is 24.8 Å². The van der Waals surface area contributed by atoms with E-state index in [1.807, 2.05) is 12.1 Å². The monoisotopic (exact) mass is 490 g/mol. The molecule has 2 aliphatic carbocycles. The van der Waals surface area contributed by atoms with Crippen LogP contribution in [0.1, 0.15) is 66.9 Å². The van der Waals surface area contributed by atoms with Crippen molar-refractivity contribution in [2.45, 2.75) is 70.1 Å². The van der Waals surface area contributed by atoms with Crippen LogP contribution in [-0.2, 0) is 6.54 Å². The predicted octanol–water partition coefficient (Wildman–Crippen LogP) is 6.10. The van der Waals surface area contributed by atoms with E-state index in [4.69, 9.17) is 0 Å². The first-order chi connectivity index (χ1) is 15.1. The molecule has 0 aromatic heterocycles. The second kappa shape index (κ2) is 13.1. The van der Waals surface area contributed by atoms with Crippen LogP contribution < -0.4 is 10.6 Å². The standard InChI is InChI=1S/C27H34N2O2.2ClH/c1-2-20(16-19-8-4-3-5-9-19)25-17-26(25)29-23-14-12-22(13-15-23)28-18-21-10-6-7-11-24(21)27(30)31;;/h3-11,16,22-23,25-26,28-29H,2,12-15,17-18H2,1H3,(H,30,31);2*1H/t22?,23?,25?,26-;;/m0../s1. The van der Waals surface area contributed by atoms with E-state index in [1.165, 1.54) is 24.8 Å². The molecule has 4 nitrogen and oxygen atoms in total. The van der Waals surface area contributed by atoms with E-state index in [9.17, 15) is 9.90 Å². The molecule has 0 bridgehead atoms. The van der Waals surface area contributed by atoms with E-state index in [1.54, 1.807) is 17.7 Å². The van der Waals surface area contributed by atoms with Gasteiger partial charge in [-0.1, -0.05) is 67.1 Å². The number of carboxylic acids is 1. The van der Waals surface area contributed by atoms with Gasteiger partial charge in [0.05, 0.1) is 5.56 Å². The minimum absolute atomic E-state index is 0. The molecule has 0 amide bonds. The molecule has 0 radical (unpaired) electrons. The summed E-state index contributed by atoms with van der Waals surface area (Å²) < 4.78 is 0. The second-order valence-electron chi connectivity index (χ2n) is 8.99. The van der Waals surface area contributed by atoms with Crippen LogP contribution in [0.25, 0.3) is 6.08 Å². The van der Waals surface area contributed by atoms with Gasteiger partial charge in [-0.25, -0.2) is 4.79 Å². The average Bonchev–Trinajstić information content (AvgIpc) is 3.56. The van der Waals surface area contributed by atoms with Gasteiger partial charge in [-0.3, -0.25) is 0 Å². The molecule has 6 heteroatoms. The lowest BCUT2D eigenvalue weighted by Crippen LogP contribution is -2.41. The quantitative estimate of drug-likeness (QED) is 0.397. The van der Waals surface area contributed by atoms with Gasteiger partial charge >= 0.3 is 5.97 Å². The number of hydrogen-bond acceptors (Lipinski definition) is 3. The number of carbonyl (C=O) groups is 1. The number of carboxylic acid groups (broad SMARTS) is 1. The van der Waals surface area contributed by atoms with E-state index < -0.39 is 5.97 Å². The molecule has 2 fully saturated rings. The highest BCUT2D eigenvalue weighted by Crippen LogP contribution is 2.40. The molecule has 0 spiro atoms. The molecule has 2 aliphatic rings. The normalized spacial score (nSPS) is 24.3. The number of halogens is 2. The van der Waals surface area contributed by atoms with Gasteiger partial charge in [0.1, 0.15) is 0 Å². The highest BCUT2D eigenvalue weighted by atomic mass is 35.5. The molecular formula is C27H36Cl2N2O2. The number of benzene rings is 2. The van der Waals surface area contributed by atoms with E-state index >= 15 is 0 Å². The summed E-state index contributed by atoms with van der Waals surface area (Å²) in [6, 6.07) is 19.6. The Morgan fingerprint density at radius 3 is 2.27 bits per heavy atom. The molecule has 3 N–H and O–H groups in total. The summed E-state index contributed by atoms with van der Waals surface area (Å²) in [6.07, 6.45) is 9.41. The third-order valence-electron chi connectivity index (χ3n) is 6.83. The molecule has 4 rings (SSSR count). The van der Waals surface area contributed by atoms with Crippen molar-refractivity contribution in [1.82, 2.24) is 10.6 Å². The van der Waals surface area contributed by atoms with E-state index in [0.717, 1.165) is 24.8 Å². The summed E-state index contributed by atoms with van der Waals surface area (Å²) in [6.45, 7) is 2.89. The van der Waals surface area contributed by atoms with Crippen LogP contribution in [0.3, 0.4) is 0 Å². The first-order valence-electron chi connectivity index (χ1n) is 11.7. The molecule has 0 heterocycles. The first kappa shape index (κ1) is 27.4. The Bertz CT molecular complexity index is 911. The van der Waals surface area contributed by atoms with Crippen molar-refractivity contribution >= 4 is 36.9 Å². The maximum absolute atomic E-state index is 11.4. The Hall–Kier alpha value is -1.85. The number of nitrogens with one attached hydrogen (secondary N) is 2. The minimum atomic E-state index is -0.850. The smallest absolute Gasteiger partial charge is 0.336 e.